The van der Waals surface area contributed by atoms with Crippen LogP contribution in [0.25, 0.3) is 10.2 Å². The minimum Gasteiger partial charge on any atom is -0.298 e. The van der Waals surface area contributed by atoms with Crippen LogP contribution < -0.4 is 11.2 Å². The van der Waals surface area contributed by atoms with Crippen LogP contribution in [0.15, 0.2) is 9.59 Å². The molecule has 0 amide bonds. The lowest BCUT2D eigenvalue weighted by atomic mass is 10.1. The maximum atomic E-state index is 12.3. The van der Waals surface area contributed by atoms with Gasteiger partial charge in [-0.3, -0.25) is 14.3 Å². The molecule has 4 nitrogen and oxygen atoms in total. The second-order valence-corrected chi connectivity index (χ2v) is 5.00. The number of hydrogen-bond donors (Lipinski definition) is 1. The Balaban J connectivity index is 2.89. The molecule has 92 valence electrons. The Morgan fingerprint density at radius 2 is 2.12 bits per heavy atom. The summed E-state index contributed by atoms with van der Waals surface area (Å²) in [5.74, 6) is 0. The van der Waals surface area contributed by atoms with Gasteiger partial charge in [-0.1, -0.05) is 6.92 Å². The van der Waals surface area contributed by atoms with Gasteiger partial charge in [0.2, 0.25) is 0 Å². The van der Waals surface area contributed by atoms with Gasteiger partial charge in [-0.15, -0.1) is 11.3 Å². The van der Waals surface area contributed by atoms with Gasteiger partial charge in [0.05, 0.1) is 11.9 Å². The van der Waals surface area contributed by atoms with Gasteiger partial charge >= 0.3 is 5.69 Å². The molecule has 2 heterocycles. The van der Waals surface area contributed by atoms with Crippen molar-refractivity contribution in [1.82, 2.24) is 9.55 Å². The Morgan fingerprint density at radius 3 is 2.71 bits per heavy atom. The molecule has 0 fully saturated rings. The summed E-state index contributed by atoms with van der Waals surface area (Å²) >= 11 is 1.40. The molecule has 2 aromatic heterocycles. The van der Waals surface area contributed by atoms with E-state index in [1.165, 1.54) is 11.3 Å². The number of nitrogens with zero attached hydrogens (tertiary/aromatic N) is 1. The van der Waals surface area contributed by atoms with Crippen molar-refractivity contribution >= 4 is 21.6 Å². The first-order valence-corrected chi connectivity index (χ1v) is 6.22. The number of halogens is 1. The molecule has 0 aromatic carbocycles. The third-order valence-electron chi connectivity index (χ3n) is 2.80. The molecule has 2 aromatic rings. The van der Waals surface area contributed by atoms with Gasteiger partial charge in [-0.2, -0.15) is 0 Å². The third kappa shape index (κ3) is 1.82. The summed E-state index contributed by atoms with van der Waals surface area (Å²) in [6, 6.07) is 0. The third-order valence-corrected chi connectivity index (χ3v) is 3.86. The second-order valence-electron chi connectivity index (χ2n) is 3.77. The molecule has 0 radical (unpaired) electrons. The van der Waals surface area contributed by atoms with E-state index < -0.39 is 12.4 Å². The Kier molecular flexibility index (Phi) is 3.15. The van der Waals surface area contributed by atoms with Crippen molar-refractivity contribution in [2.24, 2.45) is 0 Å². The molecule has 0 aliphatic carbocycles. The molecule has 0 saturated heterocycles. The highest BCUT2D eigenvalue weighted by atomic mass is 32.1. The first kappa shape index (κ1) is 12.0. The molecular formula is C11H13FN2O2S. The standard InChI is InChI=1S/C11H13FN2O2S/c1-3-7-6(2)17-9-8(7)10(15)14(5-4-12)11(16)13-9/h3-5H2,1-2H3,(H,13,16). The normalized spacial score (nSPS) is 11.2. The van der Waals surface area contributed by atoms with E-state index in [-0.39, 0.29) is 12.1 Å². The van der Waals surface area contributed by atoms with E-state index in [0.717, 1.165) is 21.4 Å². The molecular weight excluding hydrogens is 243 g/mol. The molecule has 17 heavy (non-hydrogen) atoms. The van der Waals surface area contributed by atoms with Gasteiger partial charge in [0.15, 0.2) is 0 Å². The van der Waals surface area contributed by atoms with Crippen LogP contribution in [-0.4, -0.2) is 16.2 Å². The quantitative estimate of drug-likeness (QED) is 0.906. The lowest BCUT2D eigenvalue weighted by molar-refractivity contribution is 0.433. The van der Waals surface area contributed by atoms with Crippen molar-refractivity contribution in [1.29, 1.82) is 0 Å². The average Bonchev–Trinajstić information content (AvgIpc) is 2.60. The average molecular weight is 256 g/mol. The predicted octanol–water partition coefficient (Wildman–Crippen LogP) is 1.59. The topological polar surface area (TPSA) is 54.9 Å². The molecule has 6 heteroatoms. The van der Waals surface area contributed by atoms with Gasteiger partial charge in [-0.25, -0.2) is 9.18 Å². The van der Waals surface area contributed by atoms with E-state index in [0.29, 0.717) is 10.2 Å². The van der Waals surface area contributed by atoms with Crippen LogP contribution in [0.4, 0.5) is 4.39 Å². The summed E-state index contributed by atoms with van der Waals surface area (Å²) in [4.78, 5) is 28.0. The number of H-pyrrole nitrogens is 1. The zero-order valence-electron chi connectivity index (χ0n) is 9.67. The minimum absolute atomic E-state index is 0.192. The number of aromatic nitrogens is 2. The van der Waals surface area contributed by atoms with E-state index in [9.17, 15) is 14.0 Å². The van der Waals surface area contributed by atoms with Crippen molar-refractivity contribution in [3.05, 3.63) is 31.3 Å². The van der Waals surface area contributed by atoms with E-state index in [1.807, 2.05) is 13.8 Å². The number of alkyl halides is 1. The summed E-state index contributed by atoms with van der Waals surface area (Å²) in [5.41, 5.74) is 0.0190. The van der Waals surface area contributed by atoms with Crippen LogP contribution >= 0.6 is 11.3 Å². The number of hydrogen-bond acceptors (Lipinski definition) is 3. The smallest absolute Gasteiger partial charge is 0.298 e. The van der Waals surface area contributed by atoms with E-state index >= 15 is 0 Å². The van der Waals surface area contributed by atoms with Crippen molar-refractivity contribution in [3.8, 4) is 0 Å². The van der Waals surface area contributed by atoms with Crippen molar-refractivity contribution in [2.75, 3.05) is 6.67 Å². The maximum absolute atomic E-state index is 12.3. The van der Waals surface area contributed by atoms with Crippen LogP contribution in [0, 0.1) is 6.92 Å². The number of nitrogens with one attached hydrogen (secondary N) is 1. The molecule has 0 spiro atoms. The van der Waals surface area contributed by atoms with E-state index in [1.54, 1.807) is 0 Å². The highest BCUT2D eigenvalue weighted by molar-refractivity contribution is 7.18. The Bertz CT molecular complexity index is 668. The summed E-state index contributed by atoms with van der Waals surface area (Å²) in [6.07, 6.45) is 0.725. The first-order valence-electron chi connectivity index (χ1n) is 5.41. The van der Waals surface area contributed by atoms with Crippen molar-refractivity contribution in [3.63, 3.8) is 0 Å². The van der Waals surface area contributed by atoms with Gasteiger partial charge in [0.25, 0.3) is 5.56 Å². The lowest BCUT2D eigenvalue weighted by Gasteiger charge is -2.02. The maximum Gasteiger partial charge on any atom is 0.329 e. The number of aromatic amines is 1. The summed E-state index contributed by atoms with van der Waals surface area (Å²) < 4.78 is 13.2. The predicted molar refractivity (Wildman–Crippen MR) is 66.8 cm³/mol. The Hall–Kier alpha value is -1.43. The zero-order chi connectivity index (χ0) is 12.6. The van der Waals surface area contributed by atoms with Crippen LogP contribution in [0.2, 0.25) is 0 Å². The van der Waals surface area contributed by atoms with Crippen LogP contribution in [0.5, 0.6) is 0 Å². The van der Waals surface area contributed by atoms with E-state index in [2.05, 4.69) is 4.98 Å². The molecule has 2 rings (SSSR count). The Morgan fingerprint density at radius 1 is 1.41 bits per heavy atom. The van der Waals surface area contributed by atoms with Gasteiger partial charge in [-0.05, 0) is 18.9 Å². The SMILES string of the molecule is CCc1c(C)sc2[nH]c(=O)n(CCF)c(=O)c12. The minimum atomic E-state index is -0.723. The Labute approximate surface area is 101 Å². The summed E-state index contributed by atoms with van der Waals surface area (Å²) in [6.45, 7) is 2.96. The first-order chi connectivity index (χ1) is 8.10. The van der Waals surface area contributed by atoms with Crippen LogP contribution in [0.1, 0.15) is 17.4 Å². The molecule has 0 aliphatic rings. The molecule has 0 saturated carbocycles. The van der Waals surface area contributed by atoms with Gasteiger partial charge < -0.3 is 0 Å². The fourth-order valence-electron chi connectivity index (χ4n) is 2.00. The van der Waals surface area contributed by atoms with Crippen LogP contribution in [0.3, 0.4) is 0 Å². The number of thiophene rings is 1. The van der Waals surface area contributed by atoms with Crippen molar-refractivity contribution < 1.29 is 4.39 Å². The highest BCUT2D eigenvalue weighted by Gasteiger charge is 2.15. The van der Waals surface area contributed by atoms with Crippen molar-refractivity contribution in [2.45, 2.75) is 26.8 Å². The number of fused-ring (bicyclic) bond motifs is 1. The van der Waals surface area contributed by atoms with Gasteiger partial charge in [0.1, 0.15) is 11.5 Å². The fraction of sp³-hybridized carbons (Fsp3) is 0.455. The highest BCUT2D eigenvalue weighted by Crippen LogP contribution is 2.26. The fourth-order valence-corrected chi connectivity index (χ4v) is 3.12. The molecule has 0 aliphatic heterocycles. The second kappa shape index (κ2) is 4.44. The monoisotopic (exact) mass is 256 g/mol. The zero-order valence-corrected chi connectivity index (χ0v) is 10.5. The van der Waals surface area contributed by atoms with Crippen LogP contribution in [-0.2, 0) is 13.0 Å². The lowest BCUT2D eigenvalue weighted by Crippen LogP contribution is -2.35. The van der Waals surface area contributed by atoms with E-state index in [4.69, 9.17) is 0 Å². The molecule has 0 bridgehead atoms. The number of rotatable bonds is 3. The molecule has 1 N–H and O–H groups in total. The summed E-state index contributed by atoms with van der Waals surface area (Å²) in [5, 5.41) is 0.531. The molecule has 0 atom stereocenters. The summed E-state index contributed by atoms with van der Waals surface area (Å²) in [7, 11) is 0. The number of aryl methyl sites for hydroxylation is 2. The van der Waals surface area contributed by atoms with Gasteiger partial charge in [0, 0.05) is 4.88 Å². The largest absolute Gasteiger partial charge is 0.329 e. The molecule has 0 unspecified atom stereocenters.